The van der Waals surface area contributed by atoms with Gasteiger partial charge in [-0.15, -0.1) is 6.58 Å². The van der Waals surface area contributed by atoms with Crippen molar-refractivity contribution in [3.63, 3.8) is 0 Å². The minimum Gasteiger partial charge on any atom is -0.389 e. The smallest absolute Gasteiger partial charge is 0.126 e. The van der Waals surface area contributed by atoms with E-state index in [4.69, 9.17) is 0 Å². The topological polar surface area (TPSA) is 23.5 Å². The molecule has 0 aromatic heterocycles. The monoisotopic (exact) mass is 237 g/mol. The van der Waals surface area contributed by atoms with Crippen LogP contribution in [0.1, 0.15) is 31.1 Å². The number of aliphatic hydroxyl groups is 1. The lowest BCUT2D eigenvalue weighted by atomic mass is 10.0. The average molecular weight is 237 g/mol. The third kappa shape index (κ3) is 3.07. The maximum Gasteiger partial charge on any atom is 0.126 e. The van der Waals surface area contributed by atoms with Crippen molar-refractivity contribution >= 4 is 5.69 Å². The number of halogens is 1. The lowest BCUT2D eigenvalue weighted by Gasteiger charge is -2.26. The highest BCUT2D eigenvalue weighted by Gasteiger charge is 2.15. The Morgan fingerprint density at radius 2 is 2.18 bits per heavy atom. The second-order valence-corrected chi connectivity index (χ2v) is 4.16. The van der Waals surface area contributed by atoms with Crippen LogP contribution in [-0.2, 0) is 0 Å². The van der Waals surface area contributed by atoms with E-state index in [9.17, 15) is 9.50 Å². The summed E-state index contributed by atoms with van der Waals surface area (Å²) < 4.78 is 13.5. The fourth-order valence-electron chi connectivity index (χ4n) is 1.84. The molecule has 0 unspecified atom stereocenters. The molecular formula is C14H20FNO. The minimum atomic E-state index is -0.682. The third-order valence-electron chi connectivity index (χ3n) is 2.83. The Morgan fingerprint density at radius 3 is 2.65 bits per heavy atom. The van der Waals surface area contributed by atoms with Crippen molar-refractivity contribution in [2.75, 3.05) is 18.0 Å². The van der Waals surface area contributed by atoms with E-state index in [-0.39, 0.29) is 5.82 Å². The van der Waals surface area contributed by atoms with Crippen molar-refractivity contribution in [3.8, 4) is 0 Å². The van der Waals surface area contributed by atoms with Crippen LogP contribution in [0.25, 0.3) is 0 Å². The molecule has 1 aromatic rings. The minimum absolute atomic E-state index is 0.278. The maximum absolute atomic E-state index is 13.5. The molecule has 1 N–H and O–H groups in total. The van der Waals surface area contributed by atoms with Crippen LogP contribution >= 0.6 is 0 Å². The summed E-state index contributed by atoms with van der Waals surface area (Å²) in [6.07, 6.45) is 1.12. The number of hydrogen-bond acceptors (Lipinski definition) is 2. The number of aliphatic hydroxyl groups excluding tert-OH is 1. The van der Waals surface area contributed by atoms with Gasteiger partial charge in [-0.05, 0) is 38.5 Å². The van der Waals surface area contributed by atoms with E-state index in [1.807, 2.05) is 6.92 Å². The summed E-state index contributed by atoms with van der Waals surface area (Å²) in [4.78, 5) is 2.06. The number of anilines is 1. The van der Waals surface area contributed by atoms with Crippen LogP contribution in [0, 0.1) is 12.7 Å². The van der Waals surface area contributed by atoms with E-state index < -0.39 is 6.10 Å². The molecule has 2 nitrogen and oxygen atoms in total. The fraction of sp³-hybridized carbons (Fsp3) is 0.429. The van der Waals surface area contributed by atoms with Gasteiger partial charge in [0.05, 0.1) is 6.10 Å². The van der Waals surface area contributed by atoms with Crippen molar-refractivity contribution in [3.05, 3.63) is 41.7 Å². The highest BCUT2D eigenvalue weighted by Crippen LogP contribution is 2.29. The number of aryl methyl sites for hydroxylation is 1. The zero-order valence-corrected chi connectivity index (χ0v) is 10.7. The second-order valence-electron chi connectivity index (χ2n) is 4.16. The maximum atomic E-state index is 13.5. The third-order valence-corrected chi connectivity index (χ3v) is 2.83. The molecule has 0 fully saturated rings. The number of benzene rings is 1. The highest BCUT2D eigenvalue weighted by atomic mass is 19.1. The molecule has 1 atom stereocenters. The highest BCUT2D eigenvalue weighted by molar-refractivity contribution is 5.57. The first-order valence-electron chi connectivity index (χ1n) is 5.85. The van der Waals surface area contributed by atoms with Gasteiger partial charge in [0, 0.05) is 24.3 Å². The van der Waals surface area contributed by atoms with Crippen LogP contribution in [0.2, 0.25) is 0 Å². The molecule has 1 rings (SSSR count). The molecule has 0 aliphatic rings. The molecule has 0 radical (unpaired) electrons. The Labute approximate surface area is 102 Å². The molecule has 17 heavy (non-hydrogen) atoms. The molecule has 0 aliphatic carbocycles. The van der Waals surface area contributed by atoms with Crippen LogP contribution in [0.3, 0.4) is 0 Å². The van der Waals surface area contributed by atoms with Gasteiger partial charge in [-0.25, -0.2) is 4.39 Å². The Kier molecular flexibility index (Phi) is 4.70. The van der Waals surface area contributed by atoms with Gasteiger partial charge in [-0.1, -0.05) is 6.08 Å². The van der Waals surface area contributed by atoms with Gasteiger partial charge in [-0.2, -0.15) is 0 Å². The Bertz CT molecular complexity index is 401. The first kappa shape index (κ1) is 13.7. The van der Waals surface area contributed by atoms with Crippen molar-refractivity contribution in [2.45, 2.75) is 26.9 Å². The van der Waals surface area contributed by atoms with Gasteiger partial charge in [0.2, 0.25) is 0 Å². The first-order valence-corrected chi connectivity index (χ1v) is 5.85. The molecule has 0 spiro atoms. The lowest BCUT2D eigenvalue weighted by molar-refractivity contribution is 0.199. The Hall–Kier alpha value is -1.35. The van der Waals surface area contributed by atoms with Crippen LogP contribution in [0.5, 0.6) is 0 Å². The Morgan fingerprint density at radius 1 is 1.53 bits per heavy atom. The van der Waals surface area contributed by atoms with Gasteiger partial charge in [0.15, 0.2) is 0 Å². The van der Waals surface area contributed by atoms with Gasteiger partial charge >= 0.3 is 0 Å². The standard InChI is InChI=1S/C14H20FNO/c1-5-7-16(6-2)14-8-10(3)13(15)9-12(14)11(4)17/h5,8-9,11,17H,1,6-7H2,2-4H3/t11-/m1/s1. The number of likely N-dealkylation sites (N-methyl/N-ethyl adjacent to an activating group) is 1. The predicted octanol–water partition coefficient (Wildman–Crippen LogP) is 3.20. The number of rotatable bonds is 5. The zero-order valence-electron chi connectivity index (χ0n) is 10.7. The van der Waals surface area contributed by atoms with Crippen molar-refractivity contribution in [1.82, 2.24) is 0 Å². The Balaban J connectivity index is 3.28. The molecule has 0 amide bonds. The summed E-state index contributed by atoms with van der Waals surface area (Å²) in [5.41, 5.74) is 2.09. The van der Waals surface area contributed by atoms with Crippen LogP contribution in [0.4, 0.5) is 10.1 Å². The SMILES string of the molecule is C=CCN(CC)c1cc(C)c(F)cc1[C@@H](C)O. The molecular weight excluding hydrogens is 217 g/mol. The zero-order chi connectivity index (χ0) is 13.0. The molecule has 94 valence electrons. The fourth-order valence-corrected chi connectivity index (χ4v) is 1.84. The second kappa shape index (κ2) is 5.82. The van der Waals surface area contributed by atoms with E-state index in [2.05, 4.69) is 11.5 Å². The van der Waals surface area contributed by atoms with Gasteiger partial charge in [-0.3, -0.25) is 0 Å². The quantitative estimate of drug-likeness (QED) is 0.795. The van der Waals surface area contributed by atoms with Crippen molar-refractivity contribution in [1.29, 1.82) is 0 Å². The van der Waals surface area contributed by atoms with Crippen LogP contribution < -0.4 is 4.90 Å². The normalized spacial score (nSPS) is 12.3. The number of hydrogen-bond donors (Lipinski definition) is 1. The molecule has 0 aliphatic heterocycles. The molecule has 0 heterocycles. The van der Waals surface area contributed by atoms with E-state index in [0.717, 1.165) is 12.2 Å². The number of nitrogens with zero attached hydrogens (tertiary/aromatic N) is 1. The predicted molar refractivity (Wildman–Crippen MR) is 69.9 cm³/mol. The van der Waals surface area contributed by atoms with E-state index >= 15 is 0 Å². The summed E-state index contributed by atoms with van der Waals surface area (Å²) in [6.45, 7) is 10.6. The van der Waals surface area contributed by atoms with Gasteiger partial charge < -0.3 is 10.0 Å². The van der Waals surface area contributed by atoms with Crippen LogP contribution in [0.15, 0.2) is 24.8 Å². The largest absolute Gasteiger partial charge is 0.389 e. The molecule has 1 aromatic carbocycles. The summed E-state index contributed by atoms with van der Waals surface area (Å²) >= 11 is 0. The summed E-state index contributed by atoms with van der Waals surface area (Å²) in [5.74, 6) is -0.278. The first-order chi connectivity index (χ1) is 8.01. The van der Waals surface area contributed by atoms with Crippen LogP contribution in [-0.4, -0.2) is 18.2 Å². The van der Waals surface area contributed by atoms with E-state index in [1.54, 1.807) is 26.0 Å². The van der Waals surface area contributed by atoms with E-state index in [1.165, 1.54) is 6.07 Å². The van der Waals surface area contributed by atoms with Crippen molar-refractivity contribution in [2.24, 2.45) is 0 Å². The summed E-state index contributed by atoms with van der Waals surface area (Å²) in [7, 11) is 0. The van der Waals surface area contributed by atoms with Gasteiger partial charge in [0.25, 0.3) is 0 Å². The lowest BCUT2D eigenvalue weighted by Crippen LogP contribution is -2.24. The molecule has 0 bridgehead atoms. The average Bonchev–Trinajstić information content (AvgIpc) is 2.29. The summed E-state index contributed by atoms with van der Waals surface area (Å²) in [5, 5.41) is 9.71. The van der Waals surface area contributed by atoms with E-state index in [0.29, 0.717) is 17.7 Å². The molecule has 0 saturated heterocycles. The molecule has 3 heteroatoms. The van der Waals surface area contributed by atoms with Gasteiger partial charge in [0.1, 0.15) is 5.82 Å². The molecule has 0 saturated carbocycles. The summed E-state index contributed by atoms with van der Waals surface area (Å²) in [6, 6.07) is 3.20. The van der Waals surface area contributed by atoms with Crippen molar-refractivity contribution < 1.29 is 9.50 Å².